The summed E-state index contributed by atoms with van der Waals surface area (Å²) in [4.78, 5) is 27.9. The zero-order valence-electron chi connectivity index (χ0n) is 13.0. The van der Waals surface area contributed by atoms with Crippen LogP contribution in [0, 0.1) is 17.8 Å². The summed E-state index contributed by atoms with van der Waals surface area (Å²) in [5.41, 5.74) is 6.24. The number of anilines is 1. The third-order valence-corrected chi connectivity index (χ3v) is 4.70. The fourth-order valence-corrected chi connectivity index (χ4v) is 3.39. The molecule has 2 fully saturated rings. The van der Waals surface area contributed by atoms with Gasteiger partial charge in [0, 0.05) is 31.9 Å². The van der Waals surface area contributed by atoms with Crippen molar-refractivity contribution in [1.29, 1.82) is 0 Å². The summed E-state index contributed by atoms with van der Waals surface area (Å²) in [5, 5.41) is 21.7. The van der Waals surface area contributed by atoms with Crippen molar-refractivity contribution in [2.45, 2.75) is 6.10 Å². The normalized spacial score (nSPS) is 26.2. The molecule has 8 heteroatoms. The first-order valence-electron chi connectivity index (χ1n) is 7.79. The van der Waals surface area contributed by atoms with Gasteiger partial charge >= 0.3 is 6.09 Å². The van der Waals surface area contributed by atoms with E-state index in [9.17, 15) is 14.7 Å². The number of hydrogen-bond donors (Lipinski definition) is 4. The Labute approximate surface area is 139 Å². The first kappa shape index (κ1) is 16.3. The molecular formula is C16H20N4O4. The number of nitrogens with one attached hydrogen (secondary N) is 1. The SMILES string of the molecule is Nc1ccc(/C=C/C(=O)NCC(O)C2C3CN(C(=O)O)CC32)cn1. The van der Waals surface area contributed by atoms with Crippen LogP contribution < -0.4 is 11.1 Å². The van der Waals surface area contributed by atoms with Crippen molar-refractivity contribution in [3.63, 3.8) is 0 Å². The van der Waals surface area contributed by atoms with E-state index < -0.39 is 12.2 Å². The molecule has 5 N–H and O–H groups in total. The molecule has 128 valence electrons. The second-order valence-corrected chi connectivity index (χ2v) is 6.25. The van der Waals surface area contributed by atoms with Crippen molar-refractivity contribution in [2.75, 3.05) is 25.4 Å². The first-order chi connectivity index (χ1) is 11.5. The van der Waals surface area contributed by atoms with Crippen LogP contribution in [0.25, 0.3) is 6.08 Å². The summed E-state index contributed by atoms with van der Waals surface area (Å²) in [5.74, 6) is 0.611. The van der Waals surface area contributed by atoms with Gasteiger partial charge in [0.25, 0.3) is 0 Å². The van der Waals surface area contributed by atoms with E-state index in [1.807, 2.05) is 0 Å². The van der Waals surface area contributed by atoms with Gasteiger partial charge in [0.1, 0.15) is 5.82 Å². The highest BCUT2D eigenvalue weighted by Crippen LogP contribution is 2.53. The van der Waals surface area contributed by atoms with Crippen molar-refractivity contribution >= 4 is 23.9 Å². The first-order valence-corrected chi connectivity index (χ1v) is 7.79. The van der Waals surface area contributed by atoms with Gasteiger partial charge in [0.05, 0.1) is 6.10 Å². The fourth-order valence-electron chi connectivity index (χ4n) is 3.39. The van der Waals surface area contributed by atoms with Crippen LogP contribution in [-0.4, -0.2) is 57.8 Å². The number of piperidine rings is 1. The van der Waals surface area contributed by atoms with Crippen LogP contribution in [0.3, 0.4) is 0 Å². The van der Waals surface area contributed by atoms with E-state index in [4.69, 9.17) is 10.8 Å². The zero-order valence-corrected chi connectivity index (χ0v) is 13.0. The third-order valence-electron chi connectivity index (χ3n) is 4.70. The molecule has 0 radical (unpaired) electrons. The molecule has 2 aliphatic rings. The molecular weight excluding hydrogens is 312 g/mol. The number of fused-ring (bicyclic) bond motifs is 1. The Morgan fingerprint density at radius 3 is 2.71 bits per heavy atom. The van der Waals surface area contributed by atoms with Crippen LogP contribution in [0.4, 0.5) is 10.6 Å². The van der Waals surface area contributed by atoms with E-state index in [2.05, 4.69) is 10.3 Å². The summed E-state index contributed by atoms with van der Waals surface area (Å²) in [6, 6.07) is 3.40. The topological polar surface area (TPSA) is 129 Å². The second kappa shape index (κ2) is 6.48. The number of rotatable bonds is 5. The number of nitrogens with zero attached hydrogens (tertiary/aromatic N) is 2. The monoisotopic (exact) mass is 332 g/mol. The average Bonchev–Trinajstić information content (AvgIpc) is 3.05. The third kappa shape index (κ3) is 3.48. The molecule has 3 atom stereocenters. The Kier molecular flexibility index (Phi) is 4.39. The lowest BCUT2D eigenvalue weighted by Gasteiger charge is -2.18. The number of aromatic nitrogens is 1. The molecule has 3 rings (SSSR count). The molecule has 1 aliphatic heterocycles. The quantitative estimate of drug-likeness (QED) is 0.562. The Morgan fingerprint density at radius 1 is 1.42 bits per heavy atom. The Balaban J connectivity index is 1.41. The predicted molar refractivity (Wildman–Crippen MR) is 86.8 cm³/mol. The number of carboxylic acid groups (broad SMARTS) is 1. The van der Waals surface area contributed by atoms with Crippen LogP contribution in [0.2, 0.25) is 0 Å². The molecule has 0 aromatic carbocycles. The molecule has 2 heterocycles. The van der Waals surface area contributed by atoms with Crippen LogP contribution in [-0.2, 0) is 4.79 Å². The minimum atomic E-state index is -0.911. The van der Waals surface area contributed by atoms with E-state index in [1.54, 1.807) is 24.4 Å². The van der Waals surface area contributed by atoms with Gasteiger partial charge in [0.2, 0.25) is 5.91 Å². The van der Waals surface area contributed by atoms with Gasteiger partial charge in [-0.15, -0.1) is 0 Å². The van der Waals surface area contributed by atoms with Gasteiger partial charge in [-0.2, -0.15) is 0 Å². The van der Waals surface area contributed by atoms with E-state index in [0.717, 1.165) is 5.56 Å². The number of nitrogens with two attached hydrogens (primary N) is 1. The molecule has 24 heavy (non-hydrogen) atoms. The summed E-state index contributed by atoms with van der Waals surface area (Å²) < 4.78 is 0. The molecule has 1 saturated heterocycles. The standard InChI is InChI=1S/C16H20N4O4/c17-13-3-1-9(5-18-13)2-4-14(22)19-6-12(21)15-10-7-20(16(23)24)8-11(10)15/h1-5,10-12,15,21H,6-8H2,(H2,17,18)(H,19,22)(H,23,24)/b4-2+. The van der Waals surface area contributed by atoms with Crippen molar-refractivity contribution in [1.82, 2.24) is 15.2 Å². The molecule has 3 unspecified atom stereocenters. The molecule has 2 amide bonds. The summed E-state index contributed by atoms with van der Waals surface area (Å²) in [6.07, 6.45) is 3.00. The van der Waals surface area contributed by atoms with Gasteiger partial charge in [-0.3, -0.25) is 4.79 Å². The van der Waals surface area contributed by atoms with E-state index in [0.29, 0.717) is 18.9 Å². The molecule has 1 aromatic heterocycles. The maximum absolute atomic E-state index is 11.8. The number of likely N-dealkylation sites (tertiary alicyclic amines) is 1. The number of aliphatic hydroxyl groups excluding tert-OH is 1. The van der Waals surface area contributed by atoms with Gasteiger partial charge < -0.3 is 26.2 Å². The molecule has 0 spiro atoms. The predicted octanol–water partition coefficient (Wildman–Crippen LogP) is 0.00990. The number of carbonyl (C=O) groups excluding carboxylic acids is 1. The number of carbonyl (C=O) groups is 2. The molecule has 1 saturated carbocycles. The lowest BCUT2D eigenvalue weighted by molar-refractivity contribution is -0.117. The maximum Gasteiger partial charge on any atom is 0.407 e. The van der Waals surface area contributed by atoms with Gasteiger partial charge in [-0.05, 0) is 41.5 Å². The van der Waals surface area contributed by atoms with Gasteiger partial charge in [-0.1, -0.05) is 0 Å². The highest BCUT2D eigenvalue weighted by molar-refractivity contribution is 5.91. The Bertz CT molecular complexity index is 649. The minimum absolute atomic E-state index is 0.0752. The van der Waals surface area contributed by atoms with Crippen molar-refractivity contribution in [3.8, 4) is 0 Å². The average molecular weight is 332 g/mol. The fraction of sp³-hybridized carbons (Fsp3) is 0.438. The van der Waals surface area contributed by atoms with Crippen molar-refractivity contribution in [3.05, 3.63) is 30.0 Å². The number of nitrogen functional groups attached to an aromatic ring is 1. The van der Waals surface area contributed by atoms with Crippen LogP contribution in [0.5, 0.6) is 0 Å². The Hall–Kier alpha value is -2.61. The van der Waals surface area contributed by atoms with Crippen LogP contribution >= 0.6 is 0 Å². The van der Waals surface area contributed by atoms with E-state index in [1.165, 1.54) is 11.0 Å². The molecule has 1 aliphatic carbocycles. The number of pyridine rings is 1. The second-order valence-electron chi connectivity index (χ2n) is 6.25. The van der Waals surface area contributed by atoms with Gasteiger partial charge in [-0.25, -0.2) is 9.78 Å². The van der Waals surface area contributed by atoms with Crippen LogP contribution in [0.1, 0.15) is 5.56 Å². The smallest absolute Gasteiger partial charge is 0.407 e. The van der Waals surface area contributed by atoms with Gasteiger partial charge in [0.15, 0.2) is 0 Å². The number of hydrogen-bond acceptors (Lipinski definition) is 5. The maximum atomic E-state index is 11.8. The summed E-state index contributed by atoms with van der Waals surface area (Å²) >= 11 is 0. The summed E-state index contributed by atoms with van der Waals surface area (Å²) in [7, 11) is 0. The Morgan fingerprint density at radius 2 is 2.12 bits per heavy atom. The minimum Gasteiger partial charge on any atom is -0.465 e. The van der Waals surface area contributed by atoms with E-state index >= 15 is 0 Å². The lowest BCUT2D eigenvalue weighted by Crippen LogP contribution is -2.36. The molecule has 1 aromatic rings. The highest BCUT2D eigenvalue weighted by Gasteiger charge is 2.59. The van der Waals surface area contributed by atoms with Crippen molar-refractivity contribution < 1.29 is 19.8 Å². The molecule has 0 bridgehead atoms. The number of amides is 2. The summed E-state index contributed by atoms with van der Waals surface area (Å²) in [6.45, 7) is 1.10. The molecule has 8 nitrogen and oxygen atoms in total. The van der Waals surface area contributed by atoms with E-state index in [-0.39, 0.29) is 30.2 Å². The zero-order chi connectivity index (χ0) is 17.3. The van der Waals surface area contributed by atoms with Crippen LogP contribution in [0.15, 0.2) is 24.4 Å². The number of aliphatic hydroxyl groups is 1. The largest absolute Gasteiger partial charge is 0.465 e. The lowest BCUT2D eigenvalue weighted by atomic mass is 10.1. The highest BCUT2D eigenvalue weighted by atomic mass is 16.4. The van der Waals surface area contributed by atoms with Crippen molar-refractivity contribution in [2.24, 2.45) is 17.8 Å².